The molecule has 0 spiro atoms. The Morgan fingerprint density at radius 1 is 1.62 bits per heavy atom. The highest BCUT2D eigenvalue weighted by Gasteiger charge is 2.23. The lowest BCUT2D eigenvalue weighted by Gasteiger charge is -2.15. The summed E-state index contributed by atoms with van der Waals surface area (Å²) in [6.45, 7) is 2.29. The Kier molecular flexibility index (Phi) is 2.49. The quantitative estimate of drug-likeness (QED) is 0.780. The molecule has 4 heteroatoms. The van der Waals surface area contributed by atoms with Crippen LogP contribution in [0, 0.1) is 5.92 Å². The van der Waals surface area contributed by atoms with E-state index >= 15 is 0 Å². The first-order valence-electron chi connectivity index (χ1n) is 4.59. The summed E-state index contributed by atoms with van der Waals surface area (Å²) in [7, 11) is 1.94. The first kappa shape index (κ1) is 8.94. The van der Waals surface area contributed by atoms with E-state index in [0.29, 0.717) is 6.04 Å². The third-order valence-corrected chi connectivity index (χ3v) is 3.77. The van der Waals surface area contributed by atoms with Crippen LogP contribution in [0.5, 0.6) is 0 Å². The standard InChI is InChI=1S/C9H15N3S/c1-7-5-13-6-8(7)10-9-3-4-12(2)11-9/h3-4,7-8H,5-6H2,1-2H3,(H,10,11). The van der Waals surface area contributed by atoms with Crippen molar-refractivity contribution in [1.82, 2.24) is 9.78 Å². The average molecular weight is 197 g/mol. The lowest BCUT2D eigenvalue weighted by Crippen LogP contribution is -2.25. The number of aromatic nitrogens is 2. The zero-order valence-electron chi connectivity index (χ0n) is 8.03. The van der Waals surface area contributed by atoms with E-state index in [-0.39, 0.29) is 0 Å². The minimum absolute atomic E-state index is 0.597. The molecule has 2 rings (SSSR count). The van der Waals surface area contributed by atoms with Crippen molar-refractivity contribution < 1.29 is 0 Å². The van der Waals surface area contributed by atoms with Crippen molar-refractivity contribution in [3.8, 4) is 0 Å². The number of nitrogens with one attached hydrogen (secondary N) is 1. The van der Waals surface area contributed by atoms with E-state index in [9.17, 15) is 0 Å². The number of hydrogen-bond donors (Lipinski definition) is 1. The van der Waals surface area contributed by atoms with Gasteiger partial charge in [0.05, 0.1) is 0 Å². The fraction of sp³-hybridized carbons (Fsp3) is 0.667. The molecule has 0 aromatic carbocycles. The van der Waals surface area contributed by atoms with Crippen molar-refractivity contribution in [2.24, 2.45) is 13.0 Å². The molecular weight excluding hydrogens is 182 g/mol. The summed E-state index contributed by atoms with van der Waals surface area (Å²) < 4.78 is 1.83. The molecule has 1 aromatic rings. The van der Waals surface area contributed by atoms with E-state index < -0.39 is 0 Å². The summed E-state index contributed by atoms with van der Waals surface area (Å²) in [4.78, 5) is 0. The molecule has 0 aliphatic carbocycles. The first-order valence-corrected chi connectivity index (χ1v) is 5.75. The number of rotatable bonds is 2. The predicted molar refractivity (Wildman–Crippen MR) is 57.1 cm³/mol. The van der Waals surface area contributed by atoms with E-state index in [2.05, 4.69) is 17.3 Å². The van der Waals surface area contributed by atoms with E-state index in [1.165, 1.54) is 11.5 Å². The molecule has 13 heavy (non-hydrogen) atoms. The van der Waals surface area contributed by atoms with E-state index in [1.807, 2.05) is 35.8 Å². The Morgan fingerprint density at radius 2 is 2.46 bits per heavy atom. The molecule has 1 saturated heterocycles. The van der Waals surface area contributed by atoms with Crippen LogP contribution in [-0.4, -0.2) is 27.3 Å². The predicted octanol–water partition coefficient (Wildman–Crippen LogP) is 1.58. The Bertz CT molecular complexity index is 284. The highest BCUT2D eigenvalue weighted by atomic mass is 32.2. The van der Waals surface area contributed by atoms with Crippen molar-refractivity contribution >= 4 is 17.6 Å². The second kappa shape index (κ2) is 3.62. The van der Waals surface area contributed by atoms with Crippen molar-refractivity contribution in [2.45, 2.75) is 13.0 Å². The zero-order valence-corrected chi connectivity index (χ0v) is 8.84. The van der Waals surface area contributed by atoms with Gasteiger partial charge in [-0.2, -0.15) is 16.9 Å². The maximum absolute atomic E-state index is 4.30. The molecular formula is C9H15N3S. The van der Waals surface area contributed by atoms with Gasteiger partial charge in [0.2, 0.25) is 0 Å². The Balaban J connectivity index is 1.97. The van der Waals surface area contributed by atoms with Crippen LogP contribution < -0.4 is 5.32 Å². The minimum Gasteiger partial charge on any atom is -0.365 e. The molecule has 0 amide bonds. The van der Waals surface area contributed by atoms with Gasteiger partial charge in [-0.25, -0.2) is 0 Å². The Labute approximate surface area is 82.9 Å². The number of thioether (sulfide) groups is 1. The van der Waals surface area contributed by atoms with E-state index in [0.717, 1.165) is 11.7 Å². The SMILES string of the molecule is CC1CSCC1Nc1ccn(C)n1. The molecule has 3 nitrogen and oxygen atoms in total. The maximum atomic E-state index is 4.30. The molecule has 2 unspecified atom stereocenters. The lowest BCUT2D eigenvalue weighted by molar-refractivity contribution is 0.595. The number of nitrogens with zero attached hydrogens (tertiary/aromatic N) is 2. The summed E-state index contributed by atoms with van der Waals surface area (Å²) >= 11 is 2.02. The number of aryl methyl sites for hydroxylation is 1. The summed E-state index contributed by atoms with van der Waals surface area (Å²) in [6.07, 6.45) is 1.97. The average Bonchev–Trinajstić information content (AvgIpc) is 2.64. The third-order valence-electron chi connectivity index (χ3n) is 2.41. The molecule has 2 atom stereocenters. The molecule has 1 aliphatic heterocycles. The summed E-state index contributed by atoms with van der Waals surface area (Å²) in [5, 5.41) is 7.76. The Hall–Kier alpha value is -0.640. The molecule has 2 heterocycles. The van der Waals surface area contributed by atoms with Crippen molar-refractivity contribution in [2.75, 3.05) is 16.8 Å². The first-order chi connectivity index (χ1) is 6.25. The normalized spacial score (nSPS) is 27.8. The fourth-order valence-electron chi connectivity index (χ4n) is 1.53. The van der Waals surface area contributed by atoms with Gasteiger partial charge in [-0.15, -0.1) is 0 Å². The third kappa shape index (κ3) is 1.99. The highest BCUT2D eigenvalue weighted by Crippen LogP contribution is 2.25. The van der Waals surface area contributed by atoms with Gasteiger partial charge in [0.15, 0.2) is 0 Å². The van der Waals surface area contributed by atoms with Gasteiger partial charge in [0, 0.05) is 31.1 Å². The molecule has 1 N–H and O–H groups in total. The van der Waals surface area contributed by atoms with Gasteiger partial charge < -0.3 is 5.32 Å². The van der Waals surface area contributed by atoms with Crippen molar-refractivity contribution in [3.05, 3.63) is 12.3 Å². The summed E-state index contributed by atoms with van der Waals surface area (Å²) in [5.74, 6) is 4.23. The molecule has 1 aliphatic rings. The lowest BCUT2D eigenvalue weighted by atomic mass is 10.1. The van der Waals surface area contributed by atoms with Gasteiger partial charge in [-0.1, -0.05) is 6.92 Å². The molecule has 0 saturated carbocycles. The molecule has 1 aromatic heterocycles. The van der Waals surface area contributed by atoms with Crippen LogP contribution in [0.4, 0.5) is 5.82 Å². The highest BCUT2D eigenvalue weighted by molar-refractivity contribution is 7.99. The van der Waals surface area contributed by atoms with Gasteiger partial charge in [-0.3, -0.25) is 4.68 Å². The minimum atomic E-state index is 0.597. The van der Waals surface area contributed by atoms with Crippen LogP contribution in [0.2, 0.25) is 0 Å². The van der Waals surface area contributed by atoms with Crippen LogP contribution >= 0.6 is 11.8 Å². The number of anilines is 1. The largest absolute Gasteiger partial charge is 0.365 e. The van der Waals surface area contributed by atoms with Gasteiger partial charge >= 0.3 is 0 Å². The number of hydrogen-bond acceptors (Lipinski definition) is 3. The molecule has 1 fully saturated rings. The van der Waals surface area contributed by atoms with Crippen LogP contribution in [0.1, 0.15) is 6.92 Å². The van der Waals surface area contributed by atoms with Gasteiger partial charge in [-0.05, 0) is 11.7 Å². The maximum Gasteiger partial charge on any atom is 0.148 e. The molecule has 0 radical (unpaired) electrons. The molecule has 72 valence electrons. The van der Waals surface area contributed by atoms with Crippen molar-refractivity contribution in [3.63, 3.8) is 0 Å². The fourth-order valence-corrected chi connectivity index (χ4v) is 2.93. The van der Waals surface area contributed by atoms with Gasteiger partial charge in [0.1, 0.15) is 5.82 Å². The van der Waals surface area contributed by atoms with Crippen LogP contribution in [0.3, 0.4) is 0 Å². The zero-order chi connectivity index (χ0) is 9.26. The van der Waals surface area contributed by atoms with Crippen LogP contribution in [0.15, 0.2) is 12.3 Å². The Morgan fingerprint density at radius 3 is 3.00 bits per heavy atom. The van der Waals surface area contributed by atoms with Crippen LogP contribution in [-0.2, 0) is 7.05 Å². The van der Waals surface area contributed by atoms with Crippen molar-refractivity contribution in [1.29, 1.82) is 0 Å². The monoisotopic (exact) mass is 197 g/mol. The van der Waals surface area contributed by atoms with Crippen LogP contribution in [0.25, 0.3) is 0 Å². The van der Waals surface area contributed by atoms with E-state index in [4.69, 9.17) is 0 Å². The smallest absolute Gasteiger partial charge is 0.148 e. The van der Waals surface area contributed by atoms with Gasteiger partial charge in [0.25, 0.3) is 0 Å². The topological polar surface area (TPSA) is 29.9 Å². The summed E-state index contributed by atoms with van der Waals surface area (Å²) in [6, 6.07) is 2.62. The molecule has 0 bridgehead atoms. The second-order valence-electron chi connectivity index (χ2n) is 3.64. The summed E-state index contributed by atoms with van der Waals surface area (Å²) in [5.41, 5.74) is 0. The second-order valence-corrected chi connectivity index (χ2v) is 4.72. The van der Waals surface area contributed by atoms with E-state index in [1.54, 1.807) is 0 Å².